The molecule has 0 amide bonds. The summed E-state index contributed by atoms with van der Waals surface area (Å²) < 4.78 is 45.6. The molecule has 2 aromatic rings. The first-order chi connectivity index (χ1) is 9.33. The van der Waals surface area contributed by atoms with Gasteiger partial charge in [-0.25, -0.2) is 9.97 Å². The standard InChI is InChI=1S/C12H8BrF3N2O2/c1-7-5-17-11(18-6-7)19-8-2-3-10(9(13)4-8)20-12(14,15)16/h2-6H,1H3. The molecule has 0 spiro atoms. The van der Waals surface area contributed by atoms with Crippen molar-refractivity contribution >= 4 is 15.9 Å². The average molecular weight is 349 g/mol. The maximum Gasteiger partial charge on any atom is 0.573 e. The Morgan fingerprint density at radius 1 is 1.15 bits per heavy atom. The Balaban J connectivity index is 2.14. The number of halogens is 4. The lowest BCUT2D eigenvalue weighted by atomic mass is 10.3. The van der Waals surface area contributed by atoms with E-state index in [9.17, 15) is 13.2 Å². The lowest BCUT2D eigenvalue weighted by molar-refractivity contribution is -0.274. The highest BCUT2D eigenvalue weighted by atomic mass is 79.9. The van der Waals surface area contributed by atoms with Gasteiger partial charge in [0, 0.05) is 12.4 Å². The smallest absolute Gasteiger partial charge is 0.424 e. The topological polar surface area (TPSA) is 44.2 Å². The van der Waals surface area contributed by atoms with Crippen LogP contribution in [-0.2, 0) is 0 Å². The number of aryl methyl sites for hydroxylation is 1. The van der Waals surface area contributed by atoms with Crippen LogP contribution in [0.1, 0.15) is 5.56 Å². The lowest BCUT2D eigenvalue weighted by Gasteiger charge is -2.11. The van der Waals surface area contributed by atoms with Gasteiger partial charge in [0.05, 0.1) is 4.47 Å². The molecule has 1 aromatic carbocycles. The Morgan fingerprint density at radius 3 is 2.35 bits per heavy atom. The summed E-state index contributed by atoms with van der Waals surface area (Å²) in [6, 6.07) is 3.91. The first-order valence-electron chi connectivity index (χ1n) is 5.35. The molecular weight excluding hydrogens is 341 g/mol. The van der Waals surface area contributed by atoms with Gasteiger partial charge in [-0.1, -0.05) is 0 Å². The molecule has 0 radical (unpaired) electrons. The predicted molar refractivity (Wildman–Crippen MR) is 67.7 cm³/mol. The molecule has 0 aliphatic carbocycles. The molecule has 0 unspecified atom stereocenters. The van der Waals surface area contributed by atoms with E-state index in [0.29, 0.717) is 0 Å². The van der Waals surface area contributed by atoms with Gasteiger partial charge in [0.15, 0.2) is 0 Å². The molecule has 0 saturated carbocycles. The number of aromatic nitrogens is 2. The second-order valence-electron chi connectivity index (χ2n) is 3.79. The van der Waals surface area contributed by atoms with Crippen LogP contribution in [0.4, 0.5) is 13.2 Å². The number of hydrogen-bond acceptors (Lipinski definition) is 4. The largest absolute Gasteiger partial charge is 0.573 e. The molecule has 0 fully saturated rings. The number of nitrogens with zero attached hydrogens (tertiary/aromatic N) is 2. The molecule has 0 saturated heterocycles. The fraction of sp³-hybridized carbons (Fsp3) is 0.167. The van der Waals surface area contributed by atoms with Gasteiger partial charge < -0.3 is 9.47 Å². The predicted octanol–water partition coefficient (Wildman–Crippen LogP) is 4.24. The molecule has 0 atom stereocenters. The van der Waals surface area contributed by atoms with E-state index >= 15 is 0 Å². The van der Waals surface area contributed by atoms with Crippen LogP contribution in [-0.4, -0.2) is 16.3 Å². The van der Waals surface area contributed by atoms with Gasteiger partial charge in [-0.15, -0.1) is 13.2 Å². The summed E-state index contributed by atoms with van der Waals surface area (Å²) >= 11 is 2.98. The van der Waals surface area contributed by atoms with Gasteiger partial charge >= 0.3 is 12.4 Å². The minimum Gasteiger partial charge on any atom is -0.424 e. The van der Waals surface area contributed by atoms with Crippen molar-refractivity contribution in [1.82, 2.24) is 9.97 Å². The first-order valence-corrected chi connectivity index (χ1v) is 6.14. The third-order valence-electron chi connectivity index (χ3n) is 2.10. The Bertz CT molecular complexity index is 603. The summed E-state index contributed by atoms with van der Waals surface area (Å²) in [5.41, 5.74) is 0.868. The minimum absolute atomic E-state index is 0.104. The van der Waals surface area contributed by atoms with Crippen molar-refractivity contribution in [3.8, 4) is 17.5 Å². The fourth-order valence-electron chi connectivity index (χ4n) is 1.29. The number of ether oxygens (including phenoxy) is 2. The van der Waals surface area contributed by atoms with Crippen molar-refractivity contribution < 1.29 is 22.6 Å². The number of alkyl halides is 3. The highest BCUT2D eigenvalue weighted by Crippen LogP contribution is 2.34. The number of hydrogen-bond donors (Lipinski definition) is 0. The zero-order valence-electron chi connectivity index (χ0n) is 10.1. The first kappa shape index (κ1) is 14.6. The van der Waals surface area contributed by atoms with Gasteiger partial charge in [0.1, 0.15) is 11.5 Å². The van der Waals surface area contributed by atoms with E-state index in [1.54, 1.807) is 12.4 Å². The van der Waals surface area contributed by atoms with Crippen LogP contribution in [0.15, 0.2) is 35.1 Å². The quantitative estimate of drug-likeness (QED) is 0.832. The van der Waals surface area contributed by atoms with E-state index in [1.807, 2.05) is 6.92 Å². The summed E-state index contributed by atoms with van der Waals surface area (Å²) in [5.74, 6) is -0.0649. The fourth-order valence-corrected chi connectivity index (χ4v) is 1.73. The van der Waals surface area contributed by atoms with Gasteiger partial charge in [-0.3, -0.25) is 0 Å². The highest BCUT2D eigenvalue weighted by Gasteiger charge is 2.32. The molecule has 20 heavy (non-hydrogen) atoms. The molecule has 4 nitrogen and oxygen atoms in total. The minimum atomic E-state index is -4.75. The van der Waals surface area contributed by atoms with Crippen molar-refractivity contribution in [2.45, 2.75) is 13.3 Å². The van der Waals surface area contributed by atoms with Crippen molar-refractivity contribution in [2.24, 2.45) is 0 Å². The Kier molecular flexibility index (Phi) is 4.12. The molecule has 106 valence electrons. The van der Waals surface area contributed by atoms with E-state index in [2.05, 4.69) is 30.6 Å². The zero-order chi connectivity index (χ0) is 14.8. The molecule has 1 aromatic heterocycles. The van der Waals surface area contributed by atoms with Gasteiger partial charge in [0.25, 0.3) is 0 Å². The zero-order valence-corrected chi connectivity index (χ0v) is 11.7. The summed E-state index contributed by atoms with van der Waals surface area (Å²) in [4.78, 5) is 7.85. The Morgan fingerprint density at radius 2 is 1.80 bits per heavy atom. The third kappa shape index (κ3) is 4.09. The second kappa shape index (κ2) is 5.66. The van der Waals surface area contributed by atoms with E-state index in [0.717, 1.165) is 11.6 Å². The van der Waals surface area contributed by atoms with E-state index in [4.69, 9.17) is 4.74 Å². The normalized spacial score (nSPS) is 11.2. The highest BCUT2D eigenvalue weighted by molar-refractivity contribution is 9.10. The van der Waals surface area contributed by atoms with E-state index in [-0.39, 0.29) is 22.0 Å². The molecule has 0 N–H and O–H groups in total. The monoisotopic (exact) mass is 348 g/mol. The Labute approximate surface area is 120 Å². The molecule has 1 heterocycles. The summed E-state index contributed by atoms with van der Waals surface area (Å²) in [6.07, 6.45) is -1.61. The molecule has 0 aliphatic rings. The van der Waals surface area contributed by atoms with Crippen molar-refractivity contribution in [1.29, 1.82) is 0 Å². The second-order valence-corrected chi connectivity index (χ2v) is 4.64. The van der Waals surface area contributed by atoms with E-state index < -0.39 is 6.36 Å². The van der Waals surface area contributed by atoms with Crippen molar-refractivity contribution in [2.75, 3.05) is 0 Å². The average Bonchev–Trinajstić information content (AvgIpc) is 2.34. The van der Waals surface area contributed by atoms with Gasteiger partial charge in [-0.05, 0) is 46.6 Å². The summed E-state index contributed by atoms with van der Waals surface area (Å²) in [6.45, 7) is 1.82. The maximum atomic E-state index is 12.1. The van der Waals surface area contributed by atoms with Crippen molar-refractivity contribution in [3.63, 3.8) is 0 Å². The van der Waals surface area contributed by atoms with Crippen molar-refractivity contribution in [3.05, 3.63) is 40.6 Å². The lowest BCUT2D eigenvalue weighted by Crippen LogP contribution is -2.17. The maximum absolute atomic E-state index is 12.1. The van der Waals surface area contributed by atoms with Gasteiger partial charge in [0.2, 0.25) is 0 Å². The molecular formula is C12H8BrF3N2O2. The third-order valence-corrected chi connectivity index (χ3v) is 2.72. The van der Waals surface area contributed by atoms with E-state index in [1.165, 1.54) is 12.1 Å². The number of rotatable bonds is 3. The molecule has 2 rings (SSSR count). The van der Waals surface area contributed by atoms with Crippen LogP contribution < -0.4 is 9.47 Å². The van der Waals surface area contributed by atoms with Crippen LogP contribution >= 0.6 is 15.9 Å². The van der Waals surface area contributed by atoms with Gasteiger partial charge in [-0.2, -0.15) is 0 Å². The molecule has 0 aliphatic heterocycles. The van der Waals surface area contributed by atoms with Crippen LogP contribution in [0.3, 0.4) is 0 Å². The molecule has 8 heteroatoms. The number of benzene rings is 1. The van der Waals surface area contributed by atoms with Crippen LogP contribution in [0, 0.1) is 6.92 Å². The SMILES string of the molecule is Cc1cnc(Oc2ccc(OC(F)(F)F)c(Br)c2)nc1. The summed E-state index contributed by atoms with van der Waals surface area (Å²) in [7, 11) is 0. The van der Waals surface area contributed by atoms with Crippen LogP contribution in [0.5, 0.6) is 17.5 Å². The summed E-state index contributed by atoms with van der Waals surface area (Å²) in [5, 5.41) is 0. The van der Waals surface area contributed by atoms with Crippen LogP contribution in [0.25, 0.3) is 0 Å². The Hall–Kier alpha value is -1.83. The van der Waals surface area contributed by atoms with Crippen LogP contribution in [0.2, 0.25) is 0 Å². The molecule has 0 bridgehead atoms.